The van der Waals surface area contributed by atoms with Gasteiger partial charge in [0, 0.05) is 54.9 Å². The van der Waals surface area contributed by atoms with Gasteiger partial charge < -0.3 is 14.4 Å². The number of nitrogens with zero attached hydrogens (tertiary/aromatic N) is 3. The molecule has 2 aromatic heterocycles. The van der Waals surface area contributed by atoms with E-state index in [0.717, 1.165) is 22.1 Å². The average Bonchev–Trinajstić information content (AvgIpc) is 3.19. The zero-order chi connectivity index (χ0) is 18.1. The summed E-state index contributed by atoms with van der Waals surface area (Å²) in [6.45, 7) is 2.50. The number of carbonyl (C=O) groups excluding carboxylic acids is 2. The second-order valence-corrected chi connectivity index (χ2v) is 7.50. The maximum absolute atomic E-state index is 13.0. The Hall–Kier alpha value is -2.60. The van der Waals surface area contributed by atoms with Crippen molar-refractivity contribution in [3.8, 4) is 0 Å². The predicted molar refractivity (Wildman–Crippen MR) is 104 cm³/mol. The third-order valence-electron chi connectivity index (χ3n) is 4.94. The smallest absolute Gasteiger partial charge is 0.270 e. The molecule has 0 bridgehead atoms. The van der Waals surface area contributed by atoms with E-state index in [2.05, 4.69) is 0 Å². The highest BCUT2D eigenvalue weighted by molar-refractivity contribution is 7.17. The normalized spacial score (nSPS) is 15.3. The fourth-order valence-corrected chi connectivity index (χ4v) is 4.42. The van der Waals surface area contributed by atoms with Gasteiger partial charge in [-0.25, -0.2) is 0 Å². The summed E-state index contributed by atoms with van der Waals surface area (Å²) >= 11 is 1.60. The lowest BCUT2D eigenvalue weighted by molar-refractivity contribution is 0.0714. The first kappa shape index (κ1) is 16.8. The molecular weight excluding hydrogens is 346 g/mol. The minimum atomic E-state index is 0.0350. The van der Waals surface area contributed by atoms with E-state index in [1.165, 1.54) is 0 Å². The lowest BCUT2D eigenvalue weighted by Gasteiger charge is -2.22. The molecule has 0 unspecified atom stereocenters. The highest BCUT2D eigenvalue weighted by Gasteiger charge is 2.25. The minimum absolute atomic E-state index is 0.0350. The number of aromatic nitrogens is 1. The van der Waals surface area contributed by atoms with Gasteiger partial charge in [-0.05, 0) is 24.6 Å². The Balaban J connectivity index is 1.49. The van der Waals surface area contributed by atoms with Crippen molar-refractivity contribution in [2.45, 2.75) is 6.42 Å². The number of hydrogen-bond donors (Lipinski definition) is 0. The first-order valence-corrected chi connectivity index (χ1v) is 9.69. The van der Waals surface area contributed by atoms with E-state index in [9.17, 15) is 9.59 Å². The molecule has 1 aliphatic heterocycles. The molecule has 2 amide bonds. The van der Waals surface area contributed by atoms with Gasteiger partial charge in [-0.3, -0.25) is 9.59 Å². The van der Waals surface area contributed by atoms with Crippen LogP contribution >= 0.6 is 11.3 Å². The average molecular weight is 367 g/mol. The van der Waals surface area contributed by atoms with Crippen molar-refractivity contribution in [1.82, 2.24) is 14.4 Å². The number of thiophene rings is 1. The van der Waals surface area contributed by atoms with Gasteiger partial charge in [0.1, 0.15) is 5.69 Å². The molecule has 3 heterocycles. The van der Waals surface area contributed by atoms with Crippen LogP contribution in [-0.4, -0.2) is 52.4 Å². The van der Waals surface area contributed by atoms with Crippen LogP contribution in [0.3, 0.4) is 0 Å². The molecule has 1 saturated heterocycles. The van der Waals surface area contributed by atoms with Crippen molar-refractivity contribution in [2.24, 2.45) is 7.05 Å². The lowest BCUT2D eigenvalue weighted by atomic mass is 10.1. The third-order valence-corrected chi connectivity index (χ3v) is 5.91. The number of fused-ring (bicyclic) bond motifs is 1. The van der Waals surface area contributed by atoms with Crippen LogP contribution in [0.1, 0.15) is 27.3 Å². The molecule has 0 N–H and O–H groups in total. The summed E-state index contributed by atoms with van der Waals surface area (Å²) in [5.74, 6) is 0.100. The fourth-order valence-electron chi connectivity index (χ4n) is 3.48. The number of carbonyl (C=O) groups is 2. The van der Waals surface area contributed by atoms with E-state index in [-0.39, 0.29) is 11.8 Å². The van der Waals surface area contributed by atoms with E-state index in [0.29, 0.717) is 31.9 Å². The van der Waals surface area contributed by atoms with Gasteiger partial charge in [0.05, 0.1) is 5.56 Å². The van der Waals surface area contributed by atoms with Crippen molar-refractivity contribution in [3.05, 3.63) is 59.2 Å². The zero-order valence-electron chi connectivity index (χ0n) is 14.7. The molecule has 0 radical (unpaired) electrons. The Bertz CT molecular complexity index is 959. The Morgan fingerprint density at radius 3 is 2.38 bits per heavy atom. The molecule has 5 nitrogen and oxygen atoms in total. The van der Waals surface area contributed by atoms with Crippen LogP contribution in [-0.2, 0) is 7.05 Å². The van der Waals surface area contributed by atoms with Crippen LogP contribution in [0.15, 0.2) is 48.0 Å². The van der Waals surface area contributed by atoms with E-state index < -0.39 is 0 Å². The summed E-state index contributed by atoms with van der Waals surface area (Å²) in [5.41, 5.74) is 1.46. The van der Waals surface area contributed by atoms with Gasteiger partial charge in [0.2, 0.25) is 0 Å². The van der Waals surface area contributed by atoms with Crippen molar-refractivity contribution >= 4 is 33.2 Å². The van der Waals surface area contributed by atoms with Gasteiger partial charge in [0.25, 0.3) is 11.8 Å². The maximum Gasteiger partial charge on any atom is 0.270 e. The second kappa shape index (κ2) is 6.96. The molecule has 1 aliphatic rings. The Labute approximate surface area is 156 Å². The summed E-state index contributed by atoms with van der Waals surface area (Å²) in [4.78, 5) is 29.5. The molecule has 26 heavy (non-hydrogen) atoms. The minimum Gasteiger partial charge on any atom is -0.347 e. The standard InChI is InChI=1S/C20H21N3O2S/c1-21-9-4-7-17(21)20(25)23-11-5-10-22(12-13-23)19(24)16-14-26-18-8-3-2-6-15(16)18/h2-4,6-9,14H,5,10-13H2,1H3. The first-order valence-electron chi connectivity index (χ1n) is 8.81. The molecule has 0 saturated carbocycles. The number of hydrogen-bond acceptors (Lipinski definition) is 3. The van der Waals surface area contributed by atoms with Crippen molar-refractivity contribution < 1.29 is 9.59 Å². The lowest BCUT2D eigenvalue weighted by Crippen LogP contribution is -2.37. The maximum atomic E-state index is 13.0. The largest absolute Gasteiger partial charge is 0.347 e. The van der Waals surface area contributed by atoms with Crippen LogP contribution in [0.5, 0.6) is 0 Å². The highest BCUT2D eigenvalue weighted by Crippen LogP contribution is 2.27. The van der Waals surface area contributed by atoms with Crippen LogP contribution in [0, 0.1) is 0 Å². The van der Waals surface area contributed by atoms with Crippen molar-refractivity contribution in [2.75, 3.05) is 26.2 Å². The van der Waals surface area contributed by atoms with Gasteiger partial charge in [-0.2, -0.15) is 0 Å². The van der Waals surface area contributed by atoms with Crippen LogP contribution < -0.4 is 0 Å². The van der Waals surface area contributed by atoms with Crippen molar-refractivity contribution in [1.29, 1.82) is 0 Å². The fraction of sp³-hybridized carbons (Fsp3) is 0.300. The molecule has 0 aliphatic carbocycles. The quantitative estimate of drug-likeness (QED) is 0.698. The second-order valence-electron chi connectivity index (χ2n) is 6.59. The van der Waals surface area contributed by atoms with Crippen LogP contribution in [0.2, 0.25) is 0 Å². The third kappa shape index (κ3) is 3.01. The summed E-state index contributed by atoms with van der Waals surface area (Å²) in [5, 5.41) is 2.97. The summed E-state index contributed by atoms with van der Waals surface area (Å²) in [6, 6.07) is 11.7. The van der Waals surface area contributed by atoms with Gasteiger partial charge >= 0.3 is 0 Å². The van der Waals surface area contributed by atoms with Gasteiger partial charge in [0.15, 0.2) is 0 Å². The molecular formula is C20H21N3O2S. The molecule has 0 atom stereocenters. The van der Waals surface area contributed by atoms with Gasteiger partial charge in [-0.1, -0.05) is 18.2 Å². The number of amides is 2. The molecule has 1 aromatic carbocycles. The molecule has 134 valence electrons. The summed E-state index contributed by atoms with van der Waals surface area (Å²) < 4.78 is 2.97. The van der Waals surface area contributed by atoms with Gasteiger partial charge in [-0.15, -0.1) is 11.3 Å². The molecule has 0 spiro atoms. The van der Waals surface area contributed by atoms with E-state index in [1.54, 1.807) is 11.3 Å². The summed E-state index contributed by atoms with van der Waals surface area (Å²) in [7, 11) is 1.88. The monoisotopic (exact) mass is 367 g/mol. The van der Waals surface area contributed by atoms with E-state index >= 15 is 0 Å². The highest BCUT2D eigenvalue weighted by atomic mass is 32.1. The van der Waals surface area contributed by atoms with Crippen LogP contribution in [0.25, 0.3) is 10.1 Å². The number of benzene rings is 1. The Morgan fingerprint density at radius 1 is 0.923 bits per heavy atom. The summed E-state index contributed by atoms with van der Waals surface area (Å²) in [6.07, 6.45) is 2.67. The van der Waals surface area contributed by atoms with E-state index in [4.69, 9.17) is 0 Å². The predicted octanol–water partition coefficient (Wildman–Crippen LogP) is 3.23. The zero-order valence-corrected chi connectivity index (χ0v) is 15.5. The SMILES string of the molecule is Cn1cccc1C(=O)N1CCCN(C(=O)c2csc3ccccc23)CC1. The topological polar surface area (TPSA) is 45.6 Å². The molecule has 3 aromatic rings. The molecule has 6 heteroatoms. The Kier molecular flexibility index (Phi) is 4.51. The Morgan fingerprint density at radius 2 is 1.65 bits per heavy atom. The first-order chi connectivity index (χ1) is 12.6. The number of rotatable bonds is 2. The number of aryl methyl sites for hydroxylation is 1. The van der Waals surface area contributed by atoms with E-state index in [1.807, 2.05) is 69.4 Å². The van der Waals surface area contributed by atoms with Crippen LogP contribution in [0.4, 0.5) is 0 Å². The molecule has 4 rings (SSSR count). The molecule has 1 fully saturated rings. The van der Waals surface area contributed by atoms with Crippen molar-refractivity contribution in [3.63, 3.8) is 0 Å².